The van der Waals surface area contributed by atoms with Crippen LogP contribution in [0.15, 0.2) is 59.8 Å². The maximum Gasteiger partial charge on any atom is 0.142 e. The summed E-state index contributed by atoms with van der Waals surface area (Å²) in [5, 5.41) is 9.51. The van der Waals surface area contributed by atoms with Gasteiger partial charge in [0.2, 0.25) is 0 Å². The lowest BCUT2D eigenvalue weighted by Gasteiger charge is -2.21. The molecule has 1 aliphatic heterocycles. The fourth-order valence-corrected chi connectivity index (χ4v) is 5.50. The second kappa shape index (κ2) is 10.5. The fourth-order valence-electron chi connectivity index (χ4n) is 5.50. The molecule has 4 heterocycles. The Morgan fingerprint density at radius 1 is 1.18 bits per heavy atom. The molecular formula is C31H33N5O3. The van der Waals surface area contributed by atoms with Gasteiger partial charge in [0, 0.05) is 41.6 Å². The molecule has 0 bridgehead atoms. The van der Waals surface area contributed by atoms with E-state index in [0.29, 0.717) is 0 Å². The minimum atomic E-state index is 0.245. The molecule has 1 saturated heterocycles. The first-order valence-electron chi connectivity index (χ1n) is 13.4. The van der Waals surface area contributed by atoms with Crippen molar-refractivity contribution in [3.8, 4) is 16.9 Å². The summed E-state index contributed by atoms with van der Waals surface area (Å²) >= 11 is 0. The summed E-state index contributed by atoms with van der Waals surface area (Å²) in [4.78, 5) is 13.7. The van der Waals surface area contributed by atoms with Gasteiger partial charge in [-0.25, -0.2) is 9.97 Å². The van der Waals surface area contributed by atoms with Gasteiger partial charge in [0.25, 0.3) is 0 Å². The summed E-state index contributed by atoms with van der Waals surface area (Å²) in [6, 6.07) is 4.40. The van der Waals surface area contributed by atoms with Gasteiger partial charge in [-0.15, -0.1) is 0 Å². The van der Waals surface area contributed by atoms with Crippen LogP contribution in [0, 0.1) is 13.8 Å². The van der Waals surface area contributed by atoms with Crippen molar-refractivity contribution >= 4 is 27.5 Å². The quantitative estimate of drug-likeness (QED) is 0.275. The molecule has 1 atom stereocenters. The van der Waals surface area contributed by atoms with Crippen LogP contribution in [0.3, 0.4) is 0 Å². The van der Waals surface area contributed by atoms with E-state index in [2.05, 4.69) is 52.4 Å². The Balaban J connectivity index is 1.48. The summed E-state index contributed by atoms with van der Waals surface area (Å²) in [5.41, 5.74) is 6.03. The van der Waals surface area contributed by atoms with Crippen molar-refractivity contribution in [2.45, 2.75) is 45.1 Å². The van der Waals surface area contributed by atoms with Gasteiger partial charge >= 0.3 is 0 Å². The second-order valence-corrected chi connectivity index (χ2v) is 10.1. The average Bonchev–Trinajstić information content (AvgIpc) is 3.50. The first kappa shape index (κ1) is 25.1. The van der Waals surface area contributed by atoms with Crippen LogP contribution in [-0.4, -0.2) is 46.5 Å². The molecule has 1 aromatic carbocycles. The number of aryl methyl sites for hydroxylation is 2. The molecule has 1 fully saturated rings. The molecule has 0 radical (unpaired) electrons. The van der Waals surface area contributed by atoms with Gasteiger partial charge < -0.3 is 24.3 Å². The molecule has 39 heavy (non-hydrogen) atoms. The number of aromatic nitrogens is 4. The van der Waals surface area contributed by atoms with Crippen molar-refractivity contribution in [2.75, 3.05) is 20.3 Å². The molecule has 4 aromatic rings. The number of benzene rings is 1. The third-order valence-electron chi connectivity index (χ3n) is 7.56. The van der Waals surface area contributed by atoms with Gasteiger partial charge in [0.15, 0.2) is 0 Å². The number of rotatable bonds is 7. The van der Waals surface area contributed by atoms with Crippen LogP contribution in [0.25, 0.3) is 38.6 Å². The molecule has 0 spiro atoms. The third-order valence-corrected chi connectivity index (χ3v) is 7.56. The van der Waals surface area contributed by atoms with Crippen LogP contribution in [0.5, 0.6) is 5.75 Å². The monoisotopic (exact) mass is 523 g/mol. The van der Waals surface area contributed by atoms with Crippen molar-refractivity contribution in [3.63, 3.8) is 0 Å². The van der Waals surface area contributed by atoms with Crippen LogP contribution in [-0.2, 0) is 4.74 Å². The number of hydrogen-bond donors (Lipinski definition) is 2. The zero-order valence-electron chi connectivity index (χ0n) is 22.6. The number of hydrogen-bond acceptors (Lipinski definition) is 7. The third kappa shape index (κ3) is 4.76. The molecule has 2 N–H and O–H groups in total. The van der Waals surface area contributed by atoms with E-state index >= 15 is 0 Å². The predicted molar refractivity (Wildman–Crippen MR) is 154 cm³/mol. The van der Waals surface area contributed by atoms with Crippen LogP contribution >= 0.6 is 0 Å². The van der Waals surface area contributed by atoms with Gasteiger partial charge in [0.1, 0.15) is 23.0 Å². The van der Waals surface area contributed by atoms with E-state index in [1.165, 1.54) is 0 Å². The highest BCUT2D eigenvalue weighted by Crippen LogP contribution is 2.41. The highest BCUT2D eigenvalue weighted by Gasteiger charge is 2.24. The molecule has 8 heteroatoms. The fraction of sp³-hybridized carbons (Fsp3) is 0.323. The second-order valence-electron chi connectivity index (χ2n) is 10.1. The Morgan fingerprint density at radius 2 is 2.03 bits per heavy atom. The van der Waals surface area contributed by atoms with Crippen molar-refractivity contribution in [1.82, 2.24) is 25.4 Å². The van der Waals surface area contributed by atoms with Crippen molar-refractivity contribution in [3.05, 3.63) is 78.3 Å². The number of methoxy groups -OCH3 is 1. The molecule has 1 unspecified atom stereocenters. The van der Waals surface area contributed by atoms with Crippen LogP contribution in [0.2, 0.25) is 0 Å². The Kier molecular flexibility index (Phi) is 6.79. The summed E-state index contributed by atoms with van der Waals surface area (Å²) in [6.07, 6.45) is 15.2. The minimum absolute atomic E-state index is 0.245. The van der Waals surface area contributed by atoms with E-state index < -0.39 is 0 Å². The molecule has 1 aliphatic carbocycles. The normalized spacial score (nSPS) is 18.0. The Morgan fingerprint density at radius 3 is 2.74 bits per heavy atom. The van der Waals surface area contributed by atoms with Gasteiger partial charge in [-0.2, -0.15) is 0 Å². The average molecular weight is 524 g/mol. The summed E-state index contributed by atoms with van der Waals surface area (Å²) in [5.74, 6) is 2.55. The first-order chi connectivity index (χ1) is 19.0. The van der Waals surface area contributed by atoms with E-state index in [-0.39, 0.29) is 12.0 Å². The Hall–Kier alpha value is -4.17. The highest BCUT2D eigenvalue weighted by atomic mass is 16.5. The molecule has 0 amide bonds. The van der Waals surface area contributed by atoms with Gasteiger partial charge in [-0.3, -0.25) is 0 Å². The van der Waals surface area contributed by atoms with Gasteiger partial charge in [-0.05, 0) is 63.1 Å². The number of H-pyrrole nitrogens is 1. The lowest BCUT2D eigenvalue weighted by molar-refractivity contribution is 0.0836. The lowest BCUT2D eigenvalue weighted by Crippen LogP contribution is -2.21. The van der Waals surface area contributed by atoms with Gasteiger partial charge in [-0.1, -0.05) is 36.0 Å². The van der Waals surface area contributed by atoms with Gasteiger partial charge in [0.05, 0.1) is 29.4 Å². The predicted octanol–water partition coefficient (Wildman–Crippen LogP) is 6.29. The molecule has 0 saturated carbocycles. The summed E-state index contributed by atoms with van der Waals surface area (Å²) < 4.78 is 16.9. The van der Waals surface area contributed by atoms with Crippen LogP contribution in [0.1, 0.15) is 48.2 Å². The highest BCUT2D eigenvalue weighted by molar-refractivity contribution is 6.12. The van der Waals surface area contributed by atoms with Crippen LogP contribution in [0.4, 0.5) is 0 Å². The zero-order valence-corrected chi connectivity index (χ0v) is 22.6. The van der Waals surface area contributed by atoms with E-state index in [9.17, 15) is 0 Å². The molecule has 200 valence electrons. The van der Waals surface area contributed by atoms with Crippen LogP contribution < -0.4 is 10.1 Å². The first-order valence-corrected chi connectivity index (χ1v) is 13.4. The summed E-state index contributed by atoms with van der Waals surface area (Å²) in [7, 11) is 1.68. The number of allylic oxidation sites excluding steroid dienone is 4. The van der Waals surface area contributed by atoms with Crippen molar-refractivity contribution < 1.29 is 14.0 Å². The summed E-state index contributed by atoms with van der Waals surface area (Å²) in [6.45, 7) is 9.71. The molecule has 8 nitrogen and oxygen atoms in total. The van der Waals surface area contributed by atoms with E-state index in [0.717, 1.165) is 99.8 Å². The van der Waals surface area contributed by atoms with E-state index in [1.54, 1.807) is 7.11 Å². The SMILES string of the molecule is C=C(/C=C\NC1C=CC=CC1)c1nc(C2CCOCC2)nc2[nH]c3cc(-c4c(C)noc4C)c(OC)cc3c12. The molecule has 6 rings (SSSR count). The number of aromatic amines is 1. The lowest BCUT2D eigenvalue weighted by atomic mass is 9.98. The number of fused-ring (bicyclic) bond motifs is 3. The number of nitrogens with one attached hydrogen (secondary N) is 2. The number of ether oxygens (including phenoxy) is 2. The Labute approximate surface area is 227 Å². The van der Waals surface area contributed by atoms with Crippen molar-refractivity contribution in [2.24, 2.45) is 0 Å². The zero-order chi connectivity index (χ0) is 26.9. The topological polar surface area (TPSA) is 98.1 Å². The molecular weight excluding hydrogens is 490 g/mol. The maximum absolute atomic E-state index is 5.86. The van der Waals surface area contributed by atoms with Crippen molar-refractivity contribution in [1.29, 1.82) is 0 Å². The Bertz CT molecular complexity index is 1620. The largest absolute Gasteiger partial charge is 0.496 e. The van der Waals surface area contributed by atoms with E-state index in [4.69, 9.17) is 24.0 Å². The molecule has 2 aliphatic rings. The standard InChI is InChI=1S/C31H33N5O3/c1-18(10-13-32-22-8-6-5-7-9-22)29-28-23-17-26(37-4)24(27-19(2)36-39-20(27)3)16-25(23)33-31(28)35-30(34-29)21-11-14-38-15-12-21/h5-8,10,13,16-17,21-22,32H,1,9,11-12,14-15H2,2-4H3,(H,33,34,35)/b13-10-. The smallest absolute Gasteiger partial charge is 0.142 e. The maximum atomic E-state index is 5.86. The minimum Gasteiger partial charge on any atom is -0.496 e. The number of nitrogens with zero attached hydrogens (tertiary/aromatic N) is 3. The van der Waals surface area contributed by atoms with E-state index in [1.807, 2.05) is 32.2 Å². The molecule has 3 aromatic heterocycles.